The van der Waals surface area contributed by atoms with Crippen LogP contribution in [-0.2, 0) is 4.79 Å². The fourth-order valence-electron chi connectivity index (χ4n) is 3.31. The number of carbonyl (C=O) groups excluding carboxylic acids is 1. The molecule has 22 heavy (non-hydrogen) atoms. The van der Waals surface area contributed by atoms with Crippen LogP contribution in [0.4, 0.5) is 0 Å². The third-order valence-electron chi connectivity index (χ3n) is 5.02. The molecule has 2 unspecified atom stereocenters. The molecule has 0 heterocycles. The third kappa shape index (κ3) is 3.32. The lowest BCUT2D eigenvalue weighted by molar-refractivity contribution is -0.127. The Hall–Kier alpha value is -1.82. The number of amides is 1. The molecule has 3 nitrogen and oxygen atoms in total. The van der Waals surface area contributed by atoms with E-state index in [0.717, 1.165) is 18.4 Å². The largest absolute Gasteiger partial charge is 0.348 e. The summed E-state index contributed by atoms with van der Waals surface area (Å²) in [5.74, 6) is -0.237. The summed E-state index contributed by atoms with van der Waals surface area (Å²) in [6, 6.07) is 8.38. The van der Waals surface area contributed by atoms with Crippen molar-refractivity contribution >= 4 is 5.91 Å². The first kappa shape index (κ1) is 16.5. The first-order chi connectivity index (χ1) is 10.3. The van der Waals surface area contributed by atoms with E-state index in [4.69, 9.17) is 0 Å². The minimum absolute atomic E-state index is 0.0843. The maximum absolute atomic E-state index is 12.6. The first-order valence-corrected chi connectivity index (χ1v) is 8.04. The monoisotopic (exact) mass is 298 g/mol. The standard InChI is InChI=1S/C19H26N2O/c1-12-6-9-16(13(2)10-12)14(3)21-18(22)17(11-20)19(4,5)15-7-8-15/h6,9-10,14-15,17H,7-8H2,1-5H3,(H,21,22). The molecule has 0 aliphatic heterocycles. The number of nitriles is 1. The Kier molecular flexibility index (Phi) is 4.60. The summed E-state index contributed by atoms with van der Waals surface area (Å²) < 4.78 is 0. The van der Waals surface area contributed by atoms with Crippen molar-refractivity contribution < 1.29 is 4.79 Å². The number of nitrogens with one attached hydrogen (secondary N) is 1. The molecule has 1 fully saturated rings. The van der Waals surface area contributed by atoms with Crippen molar-refractivity contribution in [2.45, 2.75) is 53.5 Å². The van der Waals surface area contributed by atoms with Gasteiger partial charge in [-0.25, -0.2) is 0 Å². The summed E-state index contributed by atoms with van der Waals surface area (Å²) in [6.07, 6.45) is 2.26. The molecule has 3 heteroatoms. The van der Waals surface area contributed by atoms with Crippen molar-refractivity contribution in [3.63, 3.8) is 0 Å². The van der Waals surface area contributed by atoms with Crippen molar-refractivity contribution in [1.82, 2.24) is 5.32 Å². The van der Waals surface area contributed by atoms with Gasteiger partial charge >= 0.3 is 0 Å². The summed E-state index contributed by atoms with van der Waals surface area (Å²) in [7, 11) is 0. The van der Waals surface area contributed by atoms with Crippen LogP contribution in [0.15, 0.2) is 18.2 Å². The lowest BCUT2D eigenvalue weighted by Gasteiger charge is -2.30. The van der Waals surface area contributed by atoms with E-state index < -0.39 is 5.92 Å². The van der Waals surface area contributed by atoms with Gasteiger partial charge in [-0.3, -0.25) is 4.79 Å². The molecular formula is C19H26N2O. The minimum Gasteiger partial charge on any atom is -0.348 e. The number of nitrogens with zero attached hydrogens (tertiary/aromatic N) is 1. The van der Waals surface area contributed by atoms with Crippen molar-refractivity contribution in [2.24, 2.45) is 17.3 Å². The Labute approximate surface area is 133 Å². The number of aryl methyl sites for hydroxylation is 2. The van der Waals surface area contributed by atoms with Crippen LogP contribution in [0.25, 0.3) is 0 Å². The van der Waals surface area contributed by atoms with E-state index >= 15 is 0 Å². The average molecular weight is 298 g/mol. The van der Waals surface area contributed by atoms with Gasteiger partial charge in [-0.15, -0.1) is 0 Å². The lowest BCUT2D eigenvalue weighted by Crippen LogP contribution is -2.40. The second kappa shape index (κ2) is 6.12. The van der Waals surface area contributed by atoms with Crippen molar-refractivity contribution in [3.8, 4) is 6.07 Å². The molecule has 2 rings (SSSR count). The van der Waals surface area contributed by atoms with Crippen LogP contribution in [0, 0.1) is 42.4 Å². The van der Waals surface area contributed by atoms with E-state index in [9.17, 15) is 10.1 Å². The van der Waals surface area contributed by atoms with Gasteiger partial charge in [0, 0.05) is 0 Å². The van der Waals surface area contributed by atoms with Crippen LogP contribution in [-0.4, -0.2) is 5.91 Å². The van der Waals surface area contributed by atoms with Gasteiger partial charge in [0.25, 0.3) is 0 Å². The van der Waals surface area contributed by atoms with Crippen LogP contribution < -0.4 is 5.32 Å². The van der Waals surface area contributed by atoms with Crippen LogP contribution in [0.2, 0.25) is 0 Å². The van der Waals surface area contributed by atoms with E-state index in [1.54, 1.807) is 0 Å². The van der Waals surface area contributed by atoms with Gasteiger partial charge in [0.1, 0.15) is 5.92 Å². The molecule has 0 spiro atoms. The molecule has 1 aliphatic rings. The highest BCUT2D eigenvalue weighted by Crippen LogP contribution is 2.49. The molecule has 0 saturated heterocycles. The molecule has 1 aliphatic carbocycles. The van der Waals surface area contributed by atoms with Crippen LogP contribution >= 0.6 is 0 Å². The Balaban J connectivity index is 2.11. The number of carbonyl (C=O) groups is 1. The van der Waals surface area contributed by atoms with Crippen LogP contribution in [0.5, 0.6) is 0 Å². The fraction of sp³-hybridized carbons (Fsp3) is 0.579. The van der Waals surface area contributed by atoms with E-state index in [1.807, 2.05) is 20.8 Å². The molecule has 118 valence electrons. The van der Waals surface area contributed by atoms with E-state index in [0.29, 0.717) is 5.92 Å². The van der Waals surface area contributed by atoms with Gasteiger partial charge in [0.15, 0.2) is 0 Å². The SMILES string of the molecule is Cc1ccc(C(C)NC(=O)C(C#N)C(C)(C)C2CC2)c(C)c1. The molecule has 2 atom stereocenters. The minimum atomic E-state index is -0.590. The van der Waals surface area contributed by atoms with Gasteiger partial charge in [0.2, 0.25) is 5.91 Å². The second-order valence-corrected chi connectivity index (χ2v) is 7.25. The smallest absolute Gasteiger partial charge is 0.238 e. The Morgan fingerprint density at radius 1 is 1.36 bits per heavy atom. The van der Waals surface area contributed by atoms with Gasteiger partial charge in [-0.2, -0.15) is 5.26 Å². The third-order valence-corrected chi connectivity index (χ3v) is 5.02. The predicted octanol–water partition coefficient (Wildman–Crippen LogP) is 4.06. The average Bonchev–Trinajstić information content (AvgIpc) is 3.23. The highest BCUT2D eigenvalue weighted by atomic mass is 16.2. The maximum Gasteiger partial charge on any atom is 0.238 e. The summed E-state index contributed by atoms with van der Waals surface area (Å²) in [6.45, 7) is 10.2. The molecular weight excluding hydrogens is 272 g/mol. The summed E-state index contributed by atoms with van der Waals surface area (Å²) >= 11 is 0. The van der Waals surface area contributed by atoms with Crippen LogP contribution in [0.3, 0.4) is 0 Å². The topological polar surface area (TPSA) is 52.9 Å². The first-order valence-electron chi connectivity index (χ1n) is 8.04. The van der Waals surface area contributed by atoms with Crippen molar-refractivity contribution in [3.05, 3.63) is 34.9 Å². The zero-order chi connectivity index (χ0) is 16.5. The molecule has 0 aromatic heterocycles. The number of hydrogen-bond acceptors (Lipinski definition) is 2. The van der Waals surface area contributed by atoms with E-state index in [-0.39, 0.29) is 17.4 Å². The Morgan fingerprint density at radius 3 is 2.50 bits per heavy atom. The number of rotatable bonds is 5. The fourth-order valence-corrected chi connectivity index (χ4v) is 3.31. The zero-order valence-electron chi connectivity index (χ0n) is 14.2. The molecule has 1 aromatic rings. The van der Waals surface area contributed by atoms with E-state index in [1.165, 1.54) is 11.1 Å². The molecule has 1 aromatic carbocycles. The van der Waals surface area contributed by atoms with Crippen molar-refractivity contribution in [1.29, 1.82) is 5.26 Å². The second-order valence-electron chi connectivity index (χ2n) is 7.25. The van der Waals surface area contributed by atoms with Gasteiger partial charge < -0.3 is 5.32 Å². The van der Waals surface area contributed by atoms with Gasteiger partial charge in [-0.05, 0) is 56.1 Å². The quantitative estimate of drug-likeness (QED) is 0.891. The zero-order valence-corrected chi connectivity index (χ0v) is 14.2. The predicted molar refractivity (Wildman–Crippen MR) is 88.1 cm³/mol. The molecule has 0 bridgehead atoms. The molecule has 0 radical (unpaired) electrons. The molecule has 1 amide bonds. The summed E-state index contributed by atoms with van der Waals surface area (Å²) in [5.41, 5.74) is 3.24. The maximum atomic E-state index is 12.6. The number of hydrogen-bond donors (Lipinski definition) is 1. The molecule has 1 saturated carbocycles. The Bertz CT molecular complexity index is 608. The molecule has 1 N–H and O–H groups in total. The normalized spacial score (nSPS) is 17.5. The highest BCUT2D eigenvalue weighted by Gasteiger charge is 2.46. The summed E-state index contributed by atoms with van der Waals surface area (Å²) in [4.78, 5) is 12.6. The van der Waals surface area contributed by atoms with Crippen LogP contribution in [0.1, 0.15) is 56.3 Å². The van der Waals surface area contributed by atoms with Crippen molar-refractivity contribution in [2.75, 3.05) is 0 Å². The van der Waals surface area contributed by atoms with Gasteiger partial charge in [-0.1, -0.05) is 37.6 Å². The Morgan fingerprint density at radius 2 is 2.00 bits per heavy atom. The lowest BCUT2D eigenvalue weighted by atomic mass is 9.75. The number of benzene rings is 1. The van der Waals surface area contributed by atoms with E-state index in [2.05, 4.69) is 43.4 Å². The summed E-state index contributed by atoms with van der Waals surface area (Å²) in [5, 5.41) is 12.5. The van der Waals surface area contributed by atoms with Gasteiger partial charge in [0.05, 0.1) is 12.1 Å². The highest BCUT2D eigenvalue weighted by molar-refractivity contribution is 5.82.